The molecule has 0 saturated carbocycles. The van der Waals surface area contributed by atoms with E-state index in [1.165, 1.54) is 35.1 Å². The topological polar surface area (TPSA) is 15.3 Å². The van der Waals surface area contributed by atoms with Gasteiger partial charge in [-0.25, -0.2) is 0 Å². The van der Waals surface area contributed by atoms with Crippen LogP contribution in [0, 0.1) is 3.57 Å². The highest BCUT2D eigenvalue weighted by Crippen LogP contribution is 2.12. The molecule has 3 heteroatoms. The Bertz CT molecular complexity index is 331. The molecule has 2 nitrogen and oxygen atoms in total. The molecule has 1 aromatic rings. The molecule has 1 aliphatic rings. The van der Waals surface area contributed by atoms with Crippen molar-refractivity contribution in [3.05, 3.63) is 33.4 Å². The Morgan fingerprint density at radius 3 is 2.71 bits per heavy atom. The molecule has 1 unspecified atom stereocenters. The van der Waals surface area contributed by atoms with Crippen LogP contribution in [0.4, 0.5) is 0 Å². The van der Waals surface area contributed by atoms with Gasteiger partial charge in [0.05, 0.1) is 0 Å². The van der Waals surface area contributed by atoms with Gasteiger partial charge in [-0.1, -0.05) is 19.1 Å². The lowest BCUT2D eigenvalue weighted by Gasteiger charge is -2.24. The predicted octanol–water partition coefficient (Wildman–Crippen LogP) is 2.87. The molecule has 1 aromatic carbocycles. The summed E-state index contributed by atoms with van der Waals surface area (Å²) >= 11 is 2.36. The van der Waals surface area contributed by atoms with E-state index in [4.69, 9.17) is 0 Å². The lowest BCUT2D eigenvalue weighted by Crippen LogP contribution is -2.37. The average molecular weight is 344 g/mol. The number of hydrogen-bond donors (Lipinski definition) is 1. The number of likely N-dealkylation sites (N-methyl/N-ethyl adjacent to an activating group) is 1. The Kier molecular flexibility index (Phi) is 5.25. The monoisotopic (exact) mass is 344 g/mol. The molecule has 0 bridgehead atoms. The lowest BCUT2D eigenvalue weighted by atomic mass is 10.2. The van der Waals surface area contributed by atoms with Gasteiger partial charge in [-0.3, -0.25) is 4.90 Å². The van der Waals surface area contributed by atoms with Crippen LogP contribution in [0.5, 0.6) is 0 Å². The molecular formula is C14H21IN2. The summed E-state index contributed by atoms with van der Waals surface area (Å²) in [6.45, 7) is 6.84. The van der Waals surface area contributed by atoms with Crippen LogP contribution < -0.4 is 5.32 Å². The highest BCUT2D eigenvalue weighted by atomic mass is 127. The Balaban J connectivity index is 1.87. The highest BCUT2D eigenvalue weighted by molar-refractivity contribution is 14.1. The quantitative estimate of drug-likeness (QED) is 0.827. The van der Waals surface area contributed by atoms with Crippen LogP contribution in [0.3, 0.4) is 0 Å². The number of halogens is 1. The van der Waals surface area contributed by atoms with Crippen molar-refractivity contribution in [2.24, 2.45) is 0 Å². The fourth-order valence-corrected chi connectivity index (χ4v) is 2.74. The maximum atomic E-state index is 3.57. The molecule has 1 saturated heterocycles. The summed E-state index contributed by atoms with van der Waals surface area (Å²) < 4.78 is 1.31. The minimum atomic E-state index is 0.707. The molecule has 94 valence electrons. The number of hydrogen-bond acceptors (Lipinski definition) is 2. The lowest BCUT2D eigenvalue weighted by molar-refractivity contribution is 0.253. The van der Waals surface area contributed by atoms with Gasteiger partial charge in [0.2, 0.25) is 0 Å². The first-order valence-electron chi connectivity index (χ1n) is 6.48. The van der Waals surface area contributed by atoms with E-state index in [0.717, 1.165) is 13.1 Å². The third-order valence-corrected chi connectivity index (χ3v) is 4.13. The van der Waals surface area contributed by atoms with Crippen LogP contribution in [0.15, 0.2) is 24.3 Å². The maximum Gasteiger partial charge on any atom is 0.0234 e. The van der Waals surface area contributed by atoms with Crippen LogP contribution in [0.1, 0.15) is 25.3 Å². The van der Waals surface area contributed by atoms with Crippen molar-refractivity contribution in [1.29, 1.82) is 0 Å². The second-order valence-electron chi connectivity index (χ2n) is 4.75. The largest absolute Gasteiger partial charge is 0.313 e. The normalized spacial score (nSPS) is 20.1. The third kappa shape index (κ3) is 4.23. The van der Waals surface area contributed by atoms with E-state index in [9.17, 15) is 0 Å². The Morgan fingerprint density at radius 2 is 2.12 bits per heavy atom. The summed E-state index contributed by atoms with van der Waals surface area (Å²) in [5.74, 6) is 0. The zero-order valence-corrected chi connectivity index (χ0v) is 12.6. The van der Waals surface area contributed by atoms with Crippen LogP contribution in [-0.2, 0) is 6.54 Å². The second kappa shape index (κ2) is 6.71. The zero-order chi connectivity index (χ0) is 12.1. The van der Waals surface area contributed by atoms with Crippen molar-refractivity contribution in [3.63, 3.8) is 0 Å². The molecule has 1 aliphatic heterocycles. The van der Waals surface area contributed by atoms with Gasteiger partial charge in [0.25, 0.3) is 0 Å². The fourth-order valence-electron chi connectivity index (χ4n) is 2.38. The molecule has 0 spiro atoms. The van der Waals surface area contributed by atoms with Crippen LogP contribution in [-0.4, -0.2) is 30.6 Å². The molecule has 1 atom stereocenters. The maximum absolute atomic E-state index is 3.57. The first-order valence-corrected chi connectivity index (χ1v) is 7.56. The minimum absolute atomic E-state index is 0.707. The predicted molar refractivity (Wildman–Crippen MR) is 81.1 cm³/mol. The van der Waals surface area contributed by atoms with E-state index in [-0.39, 0.29) is 0 Å². The van der Waals surface area contributed by atoms with Crippen molar-refractivity contribution >= 4 is 22.6 Å². The molecule has 0 amide bonds. The van der Waals surface area contributed by atoms with E-state index >= 15 is 0 Å². The summed E-state index contributed by atoms with van der Waals surface area (Å²) in [6.07, 6.45) is 2.68. The van der Waals surface area contributed by atoms with Crippen molar-refractivity contribution in [2.45, 2.75) is 32.4 Å². The van der Waals surface area contributed by atoms with Gasteiger partial charge >= 0.3 is 0 Å². The standard InChI is InChI=1S/C14H21IN2/c1-2-17(11-14-4-3-9-16-14)10-12-5-7-13(15)8-6-12/h5-8,14,16H,2-4,9-11H2,1H3. The molecule has 0 aliphatic carbocycles. The fraction of sp³-hybridized carbons (Fsp3) is 0.571. The van der Waals surface area contributed by atoms with Crippen LogP contribution >= 0.6 is 22.6 Å². The van der Waals surface area contributed by atoms with Gasteiger partial charge in [0, 0.05) is 22.7 Å². The smallest absolute Gasteiger partial charge is 0.0234 e. The summed E-state index contributed by atoms with van der Waals surface area (Å²) in [4.78, 5) is 2.53. The summed E-state index contributed by atoms with van der Waals surface area (Å²) in [5, 5.41) is 3.57. The van der Waals surface area contributed by atoms with Gasteiger partial charge in [0.1, 0.15) is 0 Å². The van der Waals surface area contributed by atoms with Gasteiger partial charge in [-0.05, 0) is 66.2 Å². The highest BCUT2D eigenvalue weighted by Gasteiger charge is 2.16. The Labute approximate surface area is 118 Å². The molecule has 17 heavy (non-hydrogen) atoms. The van der Waals surface area contributed by atoms with E-state index in [2.05, 4.69) is 64.0 Å². The molecule has 1 N–H and O–H groups in total. The molecule has 0 aromatic heterocycles. The zero-order valence-electron chi connectivity index (χ0n) is 10.5. The molecule has 1 fully saturated rings. The molecule has 2 rings (SSSR count). The van der Waals surface area contributed by atoms with Crippen LogP contribution in [0.25, 0.3) is 0 Å². The Hall–Kier alpha value is -0.130. The Morgan fingerprint density at radius 1 is 1.35 bits per heavy atom. The van der Waals surface area contributed by atoms with Gasteiger partial charge in [-0.15, -0.1) is 0 Å². The molecule has 0 radical (unpaired) electrons. The van der Waals surface area contributed by atoms with E-state index < -0.39 is 0 Å². The van der Waals surface area contributed by atoms with E-state index in [0.29, 0.717) is 6.04 Å². The average Bonchev–Trinajstić information content (AvgIpc) is 2.84. The SMILES string of the molecule is CCN(Cc1ccc(I)cc1)CC1CCCN1. The van der Waals surface area contributed by atoms with Gasteiger partial charge in [-0.2, -0.15) is 0 Å². The third-order valence-electron chi connectivity index (χ3n) is 3.41. The first-order chi connectivity index (χ1) is 8.28. The van der Waals surface area contributed by atoms with Crippen molar-refractivity contribution in [3.8, 4) is 0 Å². The summed E-state index contributed by atoms with van der Waals surface area (Å²) in [7, 11) is 0. The van der Waals surface area contributed by atoms with Crippen LogP contribution in [0.2, 0.25) is 0 Å². The minimum Gasteiger partial charge on any atom is -0.313 e. The number of nitrogens with one attached hydrogen (secondary N) is 1. The second-order valence-corrected chi connectivity index (χ2v) is 5.99. The van der Waals surface area contributed by atoms with Crippen molar-refractivity contribution in [1.82, 2.24) is 10.2 Å². The molecular weight excluding hydrogens is 323 g/mol. The van der Waals surface area contributed by atoms with Crippen molar-refractivity contribution in [2.75, 3.05) is 19.6 Å². The van der Waals surface area contributed by atoms with E-state index in [1.54, 1.807) is 0 Å². The number of benzene rings is 1. The van der Waals surface area contributed by atoms with Gasteiger partial charge < -0.3 is 5.32 Å². The van der Waals surface area contributed by atoms with Crippen molar-refractivity contribution < 1.29 is 0 Å². The summed E-state index contributed by atoms with van der Waals surface area (Å²) in [5.41, 5.74) is 1.42. The van der Waals surface area contributed by atoms with E-state index in [1.807, 2.05) is 0 Å². The van der Waals surface area contributed by atoms with Gasteiger partial charge in [0.15, 0.2) is 0 Å². The summed E-state index contributed by atoms with van der Waals surface area (Å²) in [6, 6.07) is 9.58. The first kappa shape index (κ1) is 13.3. The number of nitrogens with zero attached hydrogens (tertiary/aromatic N) is 1. The number of rotatable bonds is 5. The molecule has 1 heterocycles.